The predicted octanol–water partition coefficient (Wildman–Crippen LogP) is 1.14. The van der Waals surface area contributed by atoms with Crippen LogP contribution in [0.1, 0.15) is 27.2 Å². The summed E-state index contributed by atoms with van der Waals surface area (Å²) in [6, 6.07) is 0. The fourth-order valence-corrected chi connectivity index (χ4v) is 0.856. The van der Waals surface area contributed by atoms with E-state index >= 15 is 0 Å². The van der Waals surface area contributed by atoms with E-state index in [1.807, 2.05) is 6.92 Å². The molecular formula is C7H15ClO2. The number of halogens is 1. The fourth-order valence-electron chi connectivity index (χ4n) is 0.678. The van der Waals surface area contributed by atoms with Gasteiger partial charge in [0.25, 0.3) is 0 Å². The summed E-state index contributed by atoms with van der Waals surface area (Å²) in [5.74, 6) is 0. The lowest BCUT2D eigenvalue weighted by Gasteiger charge is -2.27. The van der Waals surface area contributed by atoms with E-state index in [9.17, 15) is 10.2 Å². The number of aliphatic hydroxyl groups is 2. The number of hydrogen-bond donors (Lipinski definition) is 2. The van der Waals surface area contributed by atoms with Crippen molar-refractivity contribution in [2.75, 3.05) is 0 Å². The second kappa shape index (κ2) is 3.56. The Kier molecular flexibility index (Phi) is 3.63. The third-order valence-corrected chi connectivity index (χ3v) is 2.26. The molecule has 0 fully saturated rings. The highest BCUT2D eigenvalue weighted by atomic mass is 35.5. The van der Waals surface area contributed by atoms with Gasteiger partial charge >= 0.3 is 0 Å². The van der Waals surface area contributed by atoms with Crippen LogP contribution in [0, 0.1) is 0 Å². The SMILES string of the molecule is CCC(O)C(Cl)C(C)(C)O. The van der Waals surface area contributed by atoms with Gasteiger partial charge in [-0.2, -0.15) is 0 Å². The van der Waals surface area contributed by atoms with E-state index in [4.69, 9.17) is 11.6 Å². The van der Waals surface area contributed by atoms with Crippen LogP contribution in [0.25, 0.3) is 0 Å². The van der Waals surface area contributed by atoms with Crippen molar-refractivity contribution < 1.29 is 10.2 Å². The highest BCUT2D eigenvalue weighted by molar-refractivity contribution is 6.21. The standard InChI is InChI=1S/C7H15ClO2/c1-4-5(9)6(8)7(2,3)10/h5-6,9-10H,4H2,1-3H3. The summed E-state index contributed by atoms with van der Waals surface area (Å²) in [5, 5.41) is 17.9. The molecule has 0 radical (unpaired) electrons. The van der Waals surface area contributed by atoms with Crippen LogP contribution >= 0.6 is 11.6 Å². The molecular weight excluding hydrogens is 152 g/mol. The molecule has 0 heterocycles. The van der Waals surface area contributed by atoms with Gasteiger partial charge in [-0.15, -0.1) is 11.6 Å². The molecule has 0 aliphatic carbocycles. The molecule has 0 amide bonds. The summed E-state index contributed by atoms with van der Waals surface area (Å²) >= 11 is 5.71. The van der Waals surface area contributed by atoms with E-state index in [0.29, 0.717) is 6.42 Å². The largest absolute Gasteiger partial charge is 0.391 e. The van der Waals surface area contributed by atoms with Crippen LogP contribution in [0.3, 0.4) is 0 Å². The Labute approximate surface area is 66.8 Å². The summed E-state index contributed by atoms with van der Waals surface area (Å²) in [6.45, 7) is 5.00. The maximum Gasteiger partial charge on any atom is 0.0876 e. The molecule has 2 N–H and O–H groups in total. The van der Waals surface area contributed by atoms with Gasteiger partial charge < -0.3 is 10.2 Å². The number of aliphatic hydroxyl groups excluding tert-OH is 1. The van der Waals surface area contributed by atoms with Gasteiger partial charge in [0, 0.05) is 0 Å². The van der Waals surface area contributed by atoms with Gasteiger partial charge in [0.2, 0.25) is 0 Å². The minimum atomic E-state index is -1.00. The van der Waals surface area contributed by atoms with Gasteiger partial charge in [0.05, 0.1) is 17.1 Å². The van der Waals surface area contributed by atoms with Crippen LogP contribution in [0.5, 0.6) is 0 Å². The van der Waals surface area contributed by atoms with Gasteiger partial charge in [-0.25, -0.2) is 0 Å². The Morgan fingerprint density at radius 2 is 1.90 bits per heavy atom. The smallest absolute Gasteiger partial charge is 0.0876 e. The van der Waals surface area contributed by atoms with Crippen molar-refractivity contribution in [3.8, 4) is 0 Å². The molecule has 2 atom stereocenters. The summed E-state index contributed by atoms with van der Waals surface area (Å²) in [5.41, 5.74) is -1.00. The zero-order chi connectivity index (χ0) is 8.36. The molecule has 10 heavy (non-hydrogen) atoms. The first kappa shape index (κ1) is 10.2. The molecule has 0 aromatic heterocycles. The first-order valence-electron chi connectivity index (χ1n) is 3.44. The minimum Gasteiger partial charge on any atom is -0.391 e. The highest BCUT2D eigenvalue weighted by Gasteiger charge is 2.29. The Morgan fingerprint density at radius 1 is 1.50 bits per heavy atom. The zero-order valence-corrected chi connectivity index (χ0v) is 7.39. The molecule has 0 rings (SSSR count). The normalized spacial score (nSPS) is 18.6. The van der Waals surface area contributed by atoms with Crippen LogP contribution in [-0.4, -0.2) is 27.3 Å². The van der Waals surface area contributed by atoms with Crippen LogP contribution < -0.4 is 0 Å². The third kappa shape index (κ3) is 2.86. The van der Waals surface area contributed by atoms with Crippen LogP contribution in [0.2, 0.25) is 0 Å². The van der Waals surface area contributed by atoms with Crippen molar-refractivity contribution in [3.05, 3.63) is 0 Å². The van der Waals surface area contributed by atoms with E-state index in [1.54, 1.807) is 13.8 Å². The Bertz CT molecular complexity index is 98.3. The van der Waals surface area contributed by atoms with Crippen LogP contribution in [-0.2, 0) is 0 Å². The van der Waals surface area contributed by atoms with Gasteiger partial charge in [0.15, 0.2) is 0 Å². The summed E-state index contributed by atoms with van der Waals surface area (Å²) < 4.78 is 0. The first-order chi connectivity index (χ1) is 4.39. The molecule has 2 unspecified atom stereocenters. The Morgan fingerprint density at radius 3 is 2.00 bits per heavy atom. The van der Waals surface area contributed by atoms with Crippen molar-refractivity contribution in [2.45, 2.75) is 44.3 Å². The molecule has 0 saturated carbocycles. The maximum absolute atomic E-state index is 9.30. The summed E-state index contributed by atoms with van der Waals surface area (Å²) in [6.07, 6.45) is -0.0558. The second-order valence-electron chi connectivity index (χ2n) is 3.03. The molecule has 0 bridgehead atoms. The molecule has 62 valence electrons. The van der Waals surface area contributed by atoms with Crippen LogP contribution in [0.4, 0.5) is 0 Å². The molecule has 0 aromatic carbocycles. The predicted molar refractivity (Wildman–Crippen MR) is 42.2 cm³/mol. The minimum absolute atomic E-state index is 0.568. The zero-order valence-electron chi connectivity index (χ0n) is 6.63. The average Bonchev–Trinajstić information content (AvgIpc) is 1.83. The van der Waals surface area contributed by atoms with E-state index in [1.165, 1.54) is 0 Å². The van der Waals surface area contributed by atoms with Gasteiger partial charge in [-0.1, -0.05) is 6.92 Å². The number of alkyl halides is 1. The van der Waals surface area contributed by atoms with Crippen molar-refractivity contribution in [1.29, 1.82) is 0 Å². The van der Waals surface area contributed by atoms with E-state index in [0.717, 1.165) is 0 Å². The Balaban J connectivity index is 3.94. The van der Waals surface area contributed by atoms with E-state index < -0.39 is 17.1 Å². The highest BCUT2D eigenvalue weighted by Crippen LogP contribution is 2.19. The maximum atomic E-state index is 9.30. The lowest BCUT2D eigenvalue weighted by molar-refractivity contribution is 0.0229. The van der Waals surface area contributed by atoms with E-state index in [-0.39, 0.29) is 0 Å². The third-order valence-electron chi connectivity index (χ3n) is 1.43. The number of rotatable bonds is 3. The van der Waals surface area contributed by atoms with Gasteiger partial charge in [-0.3, -0.25) is 0 Å². The van der Waals surface area contributed by atoms with Crippen molar-refractivity contribution in [3.63, 3.8) is 0 Å². The molecule has 0 aliphatic heterocycles. The van der Waals surface area contributed by atoms with E-state index in [2.05, 4.69) is 0 Å². The summed E-state index contributed by atoms with van der Waals surface area (Å²) in [7, 11) is 0. The average molecular weight is 167 g/mol. The molecule has 3 heteroatoms. The lowest BCUT2D eigenvalue weighted by atomic mass is 9.99. The van der Waals surface area contributed by atoms with Gasteiger partial charge in [-0.05, 0) is 20.3 Å². The quantitative estimate of drug-likeness (QED) is 0.618. The molecule has 0 aromatic rings. The lowest BCUT2D eigenvalue weighted by Crippen LogP contribution is -2.40. The molecule has 0 saturated heterocycles. The molecule has 0 spiro atoms. The first-order valence-corrected chi connectivity index (χ1v) is 3.87. The Hall–Kier alpha value is 0.210. The summed E-state index contributed by atoms with van der Waals surface area (Å²) in [4.78, 5) is 0. The topological polar surface area (TPSA) is 40.5 Å². The van der Waals surface area contributed by atoms with Gasteiger partial charge in [0.1, 0.15) is 0 Å². The monoisotopic (exact) mass is 166 g/mol. The second-order valence-corrected chi connectivity index (χ2v) is 3.50. The van der Waals surface area contributed by atoms with Crippen molar-refractivity contribution in [2.24, 2.45) is 0 Å². The van der Waals surface area contributed by atoms with Crippen molar-refractivity contribution in [1.82, 2.24) is 0 Å². The van der Waals surface area contributed by atoms with Crippen molar-refractivity contribution >= 4 is 11.6 Å². The fraction of sp³-hybridized carbons (Fsp3) is 1.00. The van der Waals surface area contributed by atoms with Crippen LogP contribution in [0.15, 0.2) is 0 Å². The molecule has 2 nitrogen and oxygen atoms in total. The number of hydrogen-bond acceptors (Lipinski definition) is 2. The molecule has 0 aliphatic rings.